The van der Waals surface area contributed by atoms with Gasteiger partial charge in [-0.2, -0.15) is 13.2 Å². The van der Waals surface area contributed by atoms with Gasteiger partial charge in [-0.1, -0.05) is 12.1 Å². The maximum absolute atomic E-state index is 12.4. The summed E-state index contributed by atoms with van der Waals surface area (Å²) in [5.41, 5.74) is -1.81. The molecule has 0 radical (unpaired) electrons. The van der Waals surface area contributed by atoms with Crippen molar-refractivity contribution < 1.29 is 27.4 Å². The molecule has 9 nitrogen and oxygen atoms in total. The number of hydrogen-bond donors (Lipinski definition) is 1. The number of esters is 1. The van der Waals surface area contributed by atoms with Gasteiger partial charge in [0.15, 0.2) is 5.60 Å². The van der Waals surface area contributed by atoms with Crippen LogP contribution in [0.15, 0.2) is 33.9 Å². The first-order valence-electron chi connectivity index (χ1n) is 10.8. The molecule has 1 heterocycles. The zero-order chi connectivity index (χ0) is 25.5. The van der Waals surface area contributed by atoms with E-state index >= 15 is 0 Å². The minimum Gasteiger partial charge on any atom is -0.476 e. The number of ether oxygens (including phenoxy) is 2. The molecule has 0 bridgehead atoms. The molecule has 0 spiro atoms. The van der Waals surface area contributed by atoms with Crippen LogP contribution < -0.4 is 21.3 Å². The standard InChI is InChI=1S/C22H29F3N4O5/c1-5-33-19(31)21(2,3)34-16-9-6-8-15(14-16)10-12-26-17-18(30)28(4)20(32)29(27-17)13-7-11-22(23,24)25/h6,8-9,14H,5,7,10-13H2,1-4H3,(H,26,27). The molecule has 0 saturated carbocycles. The second-order valence-corrected chi connectivity index (χ2v) is 8.09. The van der Waals surface area contributed by atoms with Crippen molar-refractivity contribution in [3.63, 3.8) is 0 Å². The van der Waals surface area contributed by atoms with E-state index in [0.29, 0.717) is 12.2 Å². The van der Waals surface area contributed by atoms with Gasteiger partial charge in [-0.15, -0.1) is 5.10 Å². The maximum Gasteiger partial charge on any atom is 0.389 e. The Morgan fingerprint density at radius 2 is 1.91 bits per heavy atom. The fourth-order valence-electron chi connectivity index (χ4n) is 3.04. The number of rotatable bonds is 11. The molecule has 1 aromatic carbocycles. The first-order valence-corrected chi connectivity index (χ1v) is 10.8. The van der Waals surface area contributed by atoms with Crippen molar-refractivity contribution in [3.8, 4) is 5.75 Å². The summed E-state index contributed by atoms with van der Waals surface area (Å²) in [4.78, 5) is 36.5. The molecule has 12 heteroatoms. The first-order chi connectivity index (χ1) is 15.8. The molecular formula is C22H29F3N4O5. The van der Waals surface area contributed by atoms with E-state index in [1.807, 2.05) is 6.07 Å². The Balaban J connectivity index is 2.05. The topological polar surface area (TPSA) is 104 Å². The quantitative estimate of drug-likeness (QED) is 0.487. The SMILES string of the molecule is CCOC(=O)C(C)(C)Oc1cccc(CCNc2nn(CCCC(F)(F)F)c(=O)n(C)c2=O)c1. The van der Waals surface area contributed by atoms with Crippen molar-refractivity contribution in [3.05, 3.63) is 50.7 Å². The third-order valence-electron chi connectivity index (χ3n) is 4.81. The summed E-state index contributed by atoms with van der Waals surface area (Å²) in [5, 5.41) is 6.74. The van der Waals surface area contributed by atoms with Gasteiger partial charge in [-0.3, -0.25) is 9.36 Å². The molecule has 188 valence electrons. The highest BCUT2D eigenvalue weighted by atomic mass is 19.4. The third-order valence-corrected chi connectivity index (χ3v) is 4.81. The van der Waals surface area contributed by atoms with E-state index in [1.165, 1.54) is 7.05 Å². The number of aromatic nitrogens is 3. The summed E-state index contributed by atoms with van der Waals surface area (Å²) < 4.78 is 49.6. The highest BCUT2D eigenvalue weighted by Gasteiger charge is 2.31. The minimum absolute atomic E-state index is 0.134. The lowest BCUT2D eigenvalue weighted by Crippen LogP contribution is -2.41. The zero-order valence-corrected chi connectivity index (χ0v) is 19.6. The maximum atomic E-state index is 12.4. The van der Waals surface area contributed by atoms with Gasteiger partial charge in [0.1, 0.15) is 5.75 Å². The van der Waals surface area contributed by atoms with Crippen LogP contribution in [0.4, 0.5) is 19.0 Å². The largest absolute Gasteiger partial charge is 0.476 e. The number of carbonyl (C=O) groups is 1. The Morgan fingerprint density at radius 1 is 1.21 bits per heavy atom. The van der Waals surface area contributed by atoms with Gasteiger partial charge in [0.2, 0.25) is 5.82 Å². The predicted octanol–water partition coefficient (Wildman–Crippen LogP) is 2.66. The minimum atomic E-state index is -4.34. The van der Waals surface area contributed by atoms with Crippen molar-refractivity contribution in [1.82, 2.24) is 14.3 Å². The van der Waals surface area contributed by atoms with Crippen molar-refractivity contribution in [2.24, 2.45) is 7.05 Å². The monoisotopic (exact) mass is 486 g/mol. The van der Waals surface area contributed by atoms with Gasteiger partial charge < -0.3 is 14.8 Å². The summed E-state index contributed by atoms with van der Waals surface area (Å²) in [6.45, 7) is 5.14. The molecule has 0 aliphatic carbocycles. The van der Waals surface area contributed by atoms with Gasteiger partial charge in [0.05, 0.1) is 6.61 Å². The summed E-state index contributed by atoms with van der Waals surface area (Å²) in [6, 6.07) is 7.03. The highest BCUT2D eigenvalue weighted by Crippen LogP contribution is 2.22. The summed E-state index contributed by atoms with van der Waals surface area (Å²) in [6.07, 6.45) is -5.29. The smallest absolute Gasteiger partial charge is 0.389 e. The van der Waals surface area contributed by atoms with Crippen LogP contribution in [0.2, 0.25) is 0 Å². The van der Waals surface area contributed by atoms with Gasteiger partial charge in [-0.25, -0.2) is 14.3 Å². The Hall–Kier alpha value is -3.31. The lowest BCUT2D eigenvalue weighted by atomic mass is 10.1. The second kappa shape index (κ2) is 11.2. The number of alkyl halides is 3. The van der Waals surface area contributed by atoms with Crippen molar-refractivity contribution in [2.45, 2.75) is 58.4 Å². The van der Waals surface area contributed by atoms with Crippen LogP contribution in [0.3, 0.4) is 0 Å². The van der Waals surface area contributed by atoms with E-state index in [1.54, 1.807) is 39.0 Å². The average molecular weight is 486 g/mol. The highest BCUT2D eigenvalue weighted by molar-refractivity contribution is 5.79. The number of aryl methyl sites for hydroxylation is 1. The molecular weight excluding hydrogens is 457 g/mol. The van der Waals surface area contributed by atoms with E-state index < -0.39 is 35.4 Å². The molecule has 1 N–H and O–H groups in total. The van der Waals surface area contributed by atoms with Crippen LogP contribution >= 0.6 is 0 Å². The molecule has 1 aromatic heterocycles. The van der Waals surface area contributed by atoms with Crippen molar-refractivity contribution >= 4 is 11.8 Å². The van der Waals surface area contributed by atoms with Crippen LogP contribution in [0.1, 0.15) is 39.2 Å². The van der Waals surface area contributed by atoms with Crippen molar-refractivity contribution in [2.75, 3.05) is 18.5 Å². The van der Waals surface area contributed by atoms with Gasteiger partial charge in [0, 0.05) is 26.6 Å². The van der Waals surface area contributed by atoms with Crippen LogP contribution in [-0.4, -0.2) is 45.2 Å². The predicted molar refractivity (Wildman–Crippen MR) is 119 cm³/mol. The van der Waals surface area contributed by atoms with Gasteiger partial charge >= 0.3 is 17.8 Å². The third kappa shape index (κ3) is 7.63. The van der Waals surface area contributed by atoms with Gasteiger partial charge in [-0.05, 0) is 51.3 Å². The Bertz CT molecular complexity index is 1110. The number of hydrogen-bond acceptors (Lipinski definition) is 7. The lowest BCUT2D eigenvalue weighted by Gasteiger charge is -2.24. The number of anilines is 1. The summed E-state index contributed by atoms with van der Waals surface area (Å²) >= 11 is 0. The first kappa shape index (κ1) is 26.9. The molecule has 0 unspecified atom stereocenters. The van der Waals surface area contributed by atoms with Crippen LogP contribution in [-0.2, 0) is 29.5 Å². The fraction of sp³-hybridized carbons (Fsp3) is 0.545. The fourth-order valence-corrected chi connectivity index (χ4v) is 3.04. The van der Waals surface area contributed by atoms with Crippen LogP contribution in [0, 0.1) is 0 Å². The number of nitrogens with one attached hydrogen (secondary N) is 1. The van der Waals surface area contributed by atoms with E-state index in [4.69, 9.17) is 9.47 Å². The molecule has 34 heavy (non-hydrogen) atoms. The molecule has 2 aromatic rings. The van der Waals surface area contributed by atoms with E-state index in [-0.39, 0.29) is 31.9 Å². The summed E-state index contributed by atoms with van der Waals surface area (Å²) in [7, 11) is 1.24. The summed E-state index contributed by atoms with van der Waals surface area (Å²) in [5.74, 6) is -0.165. The number of halogens is 3. The normalized spacial score (nSPS) is 11.9. The second-order valence-electron chi connectivity index (χ2n) is 8.09. The number of nitrogens with zero attached hydrogens (tertiary/aromatic N) is 3. The van der Waals surface area contributed by atoms with E-state index in [2.05, 4.69) is 10.4 Å². The Kier molecular flexibility index (Phi) is 8.88. The molecule has 0 aliphatic heterocycles. The van der Waals surface area contributed by atoms with Crippen LogP contribution in [0.25, 0.3) is 0 Å². The Labute approximate surface area is 194 Å². The molecule has 2 rings (SSSR count). The number of carbonyl (C=O) groups excluding carboxylic acids is 1. The molecule has 0 atom stereocenters. The van der Waals surface area contributed by atoms with Crippen molar-refractivity contribution in [1.29, 1.82) is 0 Å². The van der Waals surface area contributed by atoms with Crippen LogP contribution in [0.5, 0.6) is 5.75 Å². The number of benzene rings is 1. The molecule has 0 amide bonds. The molecule has 0 fully saturated rings. The van der Waals surface area contributed by atoms with E-state index in [0.717, 1.165) is 14.8 Å². The van der Waals surface area contributed by atoms with E-state index in [9.17, 15) is 27.6 Å². The zero-order valence-electron chi connectivity index (χ0n) is 19.6. The van der Waals surface area contributed by atoms with Gasteiger partial charge in [0.25, 0.3) is 5.56 Å². The lowest BCUT2D eigenvalue weighted by molar-refractivity contribution is -0.158. The average Bonchev–Trinajstić information content (AvgIpc) is 2.74. The molecule has 0 aliphatic rings. The Morgan fingerprint density at radius 3 is 2.56 bits per heavy atom. The molecule has 0 saturated heterocycles.